The zero-order valence-corrected chi connectivity index (χ0v) is 14.8. The molecule has 0 bridgehead atoms. The highest BCUT2D eigenvalue weighted by Crippen LogP contribution is 2.43. The van der Waals surface area contributed by atoms with Gasteiger partial charge < -0.3 is 9.47 Å². The van der Waals surface area contributed by atoms with E-state index in [1.165, 1.54) is 0 Å². The Labute approximate surface area is 151 Å². The number of methoxy groups -OCH3 is 1. The molecule has 1 aromatic rings. The molecule has 3 atom stereocenters. The van der Waals surface area contributed by atoms with Crippen LogP contribution in [0.3, 0.4) is 0 Å². The SMILES string of the molecule is CCOC(=O)C1C(C)=CC2=NC(=O)NC(=O)C2C1c1ccc(OC)cc1. The Morgan fingerprint density at radius 1 is 1.23 bits per heavy atom. The minimum atomic E-state index is -0.737. The summed E-state index contributed by atoms with van der Waals surface area (Å²) < 4.78 is 10.4. The molecule has 1 aliphatic carbocycles. The van der Waals surface area contributed by atoms with Crippen LogP contribution in [0.5, 0.6) is 5.75 Å². The van der Waals surface area contributed by atoms with Gasteiger partial charge in [0.05, 0.1) is 31.3 Å². The highest BCUT2D eigenvalue weighted by Gasteiger charge is 2.47. The van der Waals surface area contributed by atoms with Crippen molar-refractivity contribution < 1.29 is 23.9 Å². The van der Waals surface area contributed by atoms with Crippen molar-refractivity contribution in [2.75, 3.05) is 13.7 Å². The summed E-state index contributed by atoms with van der Waals surface area (Å²) in [5.41, 5.74) is 1.86. The Hall–Kier alpha value is -2.96. The lowest BCUT2D eigenvalue weighted by molar-refractivity contribution is -0.148. The number of hydrogen-bond donors (Lipinski definition) is 1. The number of carbonyl (C=O) groups is 3. The molecule has 0 spiro atoms. The van der Waals surface area contributed by atoms with Gasteiger partial charge >= 0.3 is 12.0 Å². The second kappa shape index (κ2) is 7.11. The van der Waals surface area contributed by atoms with Crippen molar-refractivity contribution in [1.29, 1.82) is 0 Å². The number of rotatable bonds is 4. The van der Waals surface area contributed by atoms with E-state index in [1.54, 1.807) is 39.2 Å². The Balaban J connectivity index is 2.13. The molecule has 0 aromatic heterocycles. The van der Waals surface area contributed by atoms with Crippen LogP contribution in [-0.4, -0.2) is 37.3 Å². The summed E-state index contributed by atoms with van der Waals surface area (Å²) in [4.78, 5) is 40.8. The third-order valence-electron chi connectivity index (χ3n) is 4.69. The fraction of sp³-hybridized carbons (Fsp3) is 0.368. The first-order valence-corrected chi connectivity index (χ1v) is 8.38. The highest BCUT2D eigenvalue weighted by molar-refractivity contribution is 6.21. The third kappa shape index (κ3) is 3.12. The Bertz CT molecular complexity index is 810. The van der Waals surface area contributed by atoms with Crippen LogP contribution in [0.2, 0.25) is 0 Å². The van der Waals surface area contributed by atoms with Crippen molar-refractivity contribution in [3.8, 4) is 5.75 Å². The summed E-state index contributed by atoms with van der Waals surface area (Å²) in [6.45, 7) is 3.77. The maximum atomic E-state index is 12.6. The van der Waals surface area contributed by atoms with E-state index in [4.69, 9.17) is 9.47 Å². The van der Waals surface area contributed by atoms with Crippen LogP contribution in [0.15, 0.2) is 40.9 Å². The van der Waals surface area contributed by atoms with Gasteiger partial charge in [0, 0.05) is 5.92 Å². The molecule has 26 heavy (non-hydrogen) atoms. The monoisotopic (exact) mass is 356 g/mol. The molecular formula is C19H20N2O5. The van der Waals surface area contributed by atoms with E-state index in [9.17, 15) is 14.4 Å². The highest BCUT2D eigenvalue weighted by atomic mass is 16.5. The molecule has 2 aliphatic rings. The Morgan fingerprint density at radius 2 is 1.92 bits per heavy atom. The first kappa shape index (κ1) is 17.8. The maximum Gasteiger partial charge on any atom is 0.347 e. The molecule has 7 heteroatoms. The molecule has 3 unspecified atom stereocenters. The lowest BCUT2D eigenvalue weighted by Gasteiger charge is -2.37. The standard InChI is InChI=1S/C19H20N2O5/c1-4-26-18(23)14-10(2)9-13-16(17(22)21-19(24)20-13)15(14)11-5-7-12(25-3)8-6-11/h5-9,14-16H,4H2,1-3H3,(H,21,22,24). The summed E-state index contributed by atoms with van der Waals surface area (Å²) in [7, 11) is 1.56. The molecule has 3 amide bonds. The summed E-state index contributed by atoms with van der Waals surface area (Å²) in [6, 6.07) is 6.49. The minimum Gasteiger partial charge on any atom is -0.497 e. The molecule has 136 valence electrons. The lowest BCUT2D eigenvalue weighted by Crippen LogP contribution is -2.50. The number of nitrogens with one attached hydrogen (secondary N) is 1. The van der Waals surface area contributed by atoms with Crippen LogP contribution in [0.1, 0.15) is 25.3 Å². The van der Waals surface area contributed by atoms with Gasteiger partial charge in [-0.05, 0) is 37.6 Å². The predicted molar refractivity (Wildman–Crippen MR) is 94.1 cm³/mol. The number of benzene rings is 1. The van der Waals surface area contributed by atoms with E-state index in [0.717, 1.165) is 5.56 Å². The van der Waals surface area contributed by atoms with Gasteiger partial charge in [-0.15, -0.1) is 0 Å². The van der Waals surface area contributed by atoms with Gasteiger partial charge in [-0.3, -0.25) is 14.9 Å². The molecule has 7 nitrogen and oxygen atoms in total. The molecule has 1 N–H and O–H groups in total. The van der Waals surface area contributed by atoms with E-state index in [0.29, 0.717) is 17.0 Å². The fourth-order valence-corrected chi connectivity index (χ4v) is 3.58. The van der Waals surface area contributed by atoms with Crippen LogP contribution in [0.4, 0.5) is 4.79 Å². The topological polar surface area (TPSA) is 94.1 Å². The van der Waals surface area contributed by atoms with Gasteiger partial charge in [0.2, 0.25) is 5.91 Å². The number of imide groups is 1. The first-order chi connectivity index (χ1) is 12.5. The molecule has 1 aliphatic heterocycles. The maximum absolute atomic E-state index is 12.6. The van der Waals surface area contributed by atoms with Crippen molar-refractivity contribution in [3.63, 3.8) is 0 Å². The summed E-state index contributed by atoms with van der Waals surface area (Å²) in [5, 5.41) is 2.24. The van der Waals surface area contributed by atoms with Crippen LogP contribution < -0.4 is 10.1 Å². The van der Waals surface area contributed by atoms with Gasteiger partial charge in [-0.1, -0.05) is 17.7 Å². The quantitative estimate of drug-likeness (QED) is 0.835. The normalized spacial score (nSPS) is 24.8. The van der Waals surface area contributed by atoms with Gasteiger partial charge in [-0.25, -0.2) is 4.79 Å². The number of aliphatic imine (C=N–C) groups is 1. The van der Waals surface area contributed by atoms with E-state index < -0.39 is 35.7 Å². The Kier molecular flexibility index (Phi) is 4.88. The van der Waals surface area contributed by atoms with E-state index in [2.05, 4.69) is 10.3 Å². The van der Waals surface area contributed by atoms with Crippen LogP contribution in [0.25, 0.3) is 0 Å². The van der Waals surface area contributed by atoms with Crippen LogP contribution in [0, 0.1) is 11.8 Å². The molecule has 0 radical (unpaired) electrons. The minimum absolute atomic E-state index is 0.244. The number of amides is 3. The number of carbonyl (C=O) groups excluding carboxylic acids is 3. The van der Waals surface area contributed by atoms with Crippen molar-refractivity contribution in [3.05, 3.63) is 41.5 Å². The summed E-state index contributed by atoms with van der Waals surface area (Å²) >= 11 is 0. The van der Waals surface area contributed by atoms with Crippen molar-refractivity contribution in [2.45, 2.75) is 19.8 Å². The third-order valence-corrected chi connectivity index (χ3v) is 4.69. The largest absolute Gasteiger partial charge is 0.497 e. The summed E-state index contributed by atoms with van der Waals surface area (Å²) in [5.74, 6) is -2.08. The molecule has 3 rings (SSSR count). The molecule has 0 saturated heterocycles. The van der Waals surface area contributed by atoms with Crippen molar-refractivity contribution in [1.82, 2.24) is 5.32 Å². The number of fused-ring (bicyclic) bond motifs is 1. The smallest absolute Gasteiger partial charge is 0.347 e. The van der Waals surface area contributed by atoms with E-state index >= 15 is 0 Å². The molecule has 0 fully saturated rings. The first-order valence-electron chi connectivity index (χ1n) is 8.38. The number of urea groups is 1. The number of nitrogens with zero attached hydrogens (tertiary/aromatic N) is 1. The predicted octanol–water partition coefficient (Wildman–Crippen LogP) is 2.22. The average Bonchev–Trinajstić information content (AvgIpc) is 2.60. The van der Waals surface area contributed by atoms with Gasteiger partial charge in [0.1, 0.15) is 5.75 Å². The van der Waals surface area contributed by atoms with E-state index in [1.807, 2.05) is 12.1 Å². The number of allylic oxidation sites excluding steroid dienone is 1. The zero-order valence-electron chi connectivity index (χ0n) is 14.8. The van der Waals surface area contributed by atoms with Crippen molar-refractivity contribution >= 4 is 23.6 Å². The lowest BCUT2D eigenvalue weighted by atomic mass is 9.67. The fourth-order valence-electron chi connectivity index (χ4n) is 3.58. The zero-order chi connectivity index (χ0) is 18.8. The number of hydrogen-bond acceptors (Lipinski definition) is 5. The van der Waals surface area contributed by atoms with E-state index in [-0.39, 0.29) is 6.61 Å². The number of ether oxygens (including phenoxy) is 2. The molecular weight excluding hydrogens is 336 g/mol. The van der Waals surface area contributed by atoms with Crippen LogP contribution in [-0.2, 0) is 14.3 Å². The number of esters is 1. The second-order valence-electron chi connectivity index (χ2n) is 6.23. The Morgan fingerprint density at radius 3 is 2.54 bits per heavy atom. The van der Waals surface area contributed by atoms with Gasteiger partial charge in [0.15, 0.2) is 0 Å². The summed E-state index contributed by atoms with van der Waals surface area (Å²) in [6.07, 6.45) is 1.64. The van der Waals surface area contributed by atoms with Gasteiger partial charge in [-0.2, -0.15) is 4.99 Å². The van der Waals surface area contributed by atoms with Crippen LogP contribution >= 0.6 is 0 Å². The van der Waals surface area contributed by atoms with Gasteiger partial charge in [0.25, 0.3) is 0 Å². The molecule has 1 heterocycles. The average molecular weight is 356 g/mol. The molecule has 0 saturated carbocycles. The van der Waals surface area contributed by atoms with Crippen molar-refractivity contribution in [2.24, 2.45) is 16.8 Å². The second-order valence-corrected chi connectivity index (χ2v) is 6.23. The molecule has 1 aromatic carbocycles.